The first-order valence-corrected chi connectivity index (χ1v) is 7.48. The van der Waals surface area contributed by atoms with Crippen LogP contribution in [0.1, 0.15) is 48.4 Å². The highest BCUT2D eigenvalue weighted by molar-refractivity contribution is 6.26. The van der Waals surface area contributed by atoms with E-state index in [0.717, 1.165) is 19.3 Å². The SMILES string of the molecule is CCCCC1(Cl)c2ccc(cc2)Cc2ccc1cc2. The summed E-state index contributed by atoms with van der Waals surface area (Å²) in [5.41, 5.74) is 5.16. The van der Waals surface area contributed by atoms with Crippen LogP contribution in [0.5, 0.6) is 0 Å². The molecule has 1 heteroatoms. The minimum atomic E-state index is -0.371. The van der Waals surface area contributed by atoms with Gasteiger partial charge in [0.1, 0.15) is 0 Å². The van der Waals surface area contributed by atoms with E-state index < -0.39 is 0 Å². The number of halogens is 1. The molecule has 0 unspecified atom stereocenters. The Balaban J connectivity index is 2.15. The molecule has 0 aliphatic heterocycles. The van der Waals surface area contributed by atoms with Crippen molar-refractivity contribution in [1.29, 1.82) is 0 Å². The predicted octanol–water partition coefficient (Wildman–Crippen LogP) is 5.26. The molecule has 0 saturated heterocycles. The number of rotatable bonds is 3. The molecule has 6 rings (SSSR count). The van der Waals surface area contributed by atoms with E-state index in [9.17, 15) is 0 Å². The molecule has 2 aromatic rings. The van der Waals surface area contributed by atoms with Crippen molar-refractivity contribution < 1.29 is 0 Å². The van der Waals surface area contributed by atoms with Gasteiger partial charge in [0, 0.05) is 0 Å². The van der Waals surface area contributed by atoms with Gasteiger partial charge in [-0.15, -0.1) is 11.6 Å². The number of benzene rings is 2. The average Bonchev–Trinajstić information content (AvgIpc) is 2.46. The van der Waals surface area contributed by atoms with E-state index >= 15 is 0 Å². The zero-order valence-electron chi connectivity index (χ0n) is 11.3. The van der Waals surface area contributed by atoms with Crippen molar-refractivity contribution in [2.75, 3.05) is 0 Å². The Kier molecular flexibility index (Phi) is 3.36. The maximum absolute atomic E-state index is 7.04. The van der Waals surface area contributed by atoms with E-state index in [-0.39, 0.29) is 4.87 Å². The first kappa shape index (κ1) is 12.7. The molecule has 0 aromatic heterocycles. The van der Waals surface area contributed by atoms with Gasteiger partial charge in [-0.1, -0.05) is 68.3 Å². The molecule has 2 aromatic carbocycles. The summed E-state index contributed by atoms with van der Waals surface area (Å²) in [4.78, 5) is -0.371. The van der Waals surface area contributed by atoms with Crippen LogP contribution in [0, 0.1) is 0 Å². The van der Waals surface area contributed by atoms with Crippen LogP contribution in [0.2, 0.25) is 0 Å². The average molecular weight is 271 g/mol. The summed E-state index contributed by atoms with van der Waals surface area (Å²) in [5, 5.41) is 0. The van der Waals surface area contributed by atoms with Gasteiger partial charge < -0.3 is 0 Å². The molecule has 0 radical (unpaired) electrons. The third-order valence-electron chi connectivity index (χ3n) is 4.11. The van der Waals surface area contributed by atoms with E-state index in [1.165, 1.54) is 28.7 Å². The highest BCUT2D eigenvalue weighted by Gasteiger charge is 2.31. The Labute approximate surface area is 120 Å². The molecule has 4 bridgehead atoms. The zero-order chi connectivity index (χ0) is 13.3. The molecule has 0 nitrogen and oxygen atoms in total. The lowest BCUT2D eigenvalue weighted by Crippen LogP contribution is -2.21. The summed E-state index contributed by atoms with van der Waals surface area (Å²) < 4.78 is 0. The largest absolute Gasteiger partial charge is 0.109 e. The lowest BCUT2D eigenvalue weighted by molar-refractivity contribution is 0.598. The standard InChI is InChI=1S/C18H19Cl/c1-2-3-12-18(19)16-8-4-14(5-9-16)13-15-6-10-17(18)11-7-15/h4-11H,2-3,12-13H2,1H3. The second-order valence-electron chi connectivity index (χ2n) is 5.48. The molecular formula is C18H19Cl. The molecule has 0 amide bonds. The highest BCUT2D eigenvalue weighted by Crippen LogP contribution is 2.42. The third-order valence-corrected chi connectivity index (χ3v) is 4.73. The second-order valence-corrected chi connectivity index (χ2v) is 6.12. The van der Waals surface area contributed by atoms with Gasteiger partial charge >= 0.3 is 0 Å². The van der Waals surface area contributed by atoms with Crippen LogP contribution in [0.4, 0.5) is 0 Å². The normalized spacial score (nSPS) is 15.7. The number of alkyl halides is 1. The Morgan fingerprint density at radius 3 is 1.79 bits per heavy atom. The predicted molar refractivity (Wildman–Crippen MR) is 81.8 cm³/mol. The van der Waals surface area contributed by atoms with Crippen molar-refractivity contribution in [1.82, 2.24) is 0 Å². The number of hydrogen-bond donors (Lipinski definition) is 0. The summed E-state index contributed by atoms with van der Waals surface area (Å²) in [7, 11) is 0. The van der Waals surface area contributed by atoms with Crippen molar-refractivity contribution in [3.05, 3.63) is 70.8 Å². The van der Waals surface area contributed by atoms with Crippen LogP contribution in [0.3, 0.4) is 0 Å². The first-order valence-electron chi connectivity index (χ1n) is 7.10. The molecule has 98 valence electrons. The summed E-state index contributed by atoms with van der Waals surface area (Å²) in [6, 6.07) is 17.7. The highest BCUT2D eigenvalue weighted by atomic mass is 35.5. The number of unbranched alkanes of at least 4 members (excludes halogenated alkanes) is 1. The van der Waals surface area contributed by atoms with Crippen LogP contribution in [-0.4, -0.2) is 0 Å². The Morgan fingerprint density at radius 2 is 1.37 bits per heavy atom. The summed E-state index contributed by atoms with van der Waals surface area (Å²) in [6.45, 7) is 2.21. The molecule has 19 heavy (non-hydrogen) atoms. The van der Waals surface area contributed by atoms with Gasteiger partial charge in [0.15, 0.2) is 0 Å². The van der Waals surface area contributed by atoms with Crippen LogP contribution in [-0.2, 0) is 11.3 Å². The molecule has 0 spiro atoms. The lowest BCUT2D eigenvalue weighted by Gasteiger charge is -2.29. The van der Waals surface area contributed by atoms with Crippen molar-refractivity contribution in [2.45, 2.75) is 37.5 Å². The number of hydrogen-bond acceptors (Lipinski definition) is 0. The molecule has 0 saturated carbocycles. The van der Waals surface area contributed by atoms with Crippen molar-refractivity contribution in [3.63, 3.8) is 0 Å². The minimum absolute atomic E-state index is 0.371. The molecular weight excluding hydrogens is 252 g/mol. The van der Waals surface area contributed by atoms with Gasteiger partial charge in [-0.2, -0.15) is 0 Å². The lowest BCUT2D eigenvalue weighted by atomic mass is 9.83. The molecule has 0 heterocycles. The summed E-state index contributed by atoms with van der Waals surface area (Å²) >= 11 is 7.04. The molecule has 4 aliphatic carbocycles. The summed E-state index contributed by atoms with van der Waals surface area (Å²) in [6.07, 6.45) is 4.31. The Hall–Kier alpha value is -1.27. The third kappa shape index (κ3) is 2.30. The quantitative estimate of drug-likeness (QED) is 0.667. The van der Waals surface area contributed by atoms with E-state index in [4.69, 9.17) is 11.6 Å². The van der Waals surface area contributed by atoms with Gasteiger partial charge in [0.25, 0.3) is 0 Å². The van der Waals surface area contributed by atoms with Gasteiger partial charge in [0.05, 0.1) is 4.87 Å². The van der Waals surface area contributed by atoms with Crippen molar-refractivity contribution in [2.24, 2.45) is 0 Å². The van der Waals surface area contributed by atoms with Crippen molar-refractivity contribution in [3.8, 4) is 0 Å². The van der Waals surface area contributed by atoms with Crippen LogP contribution in [0.15, 0.2) is 48.5 Å². The Morgan fingerprint density at radius 1 is 0.895 bits per heavy atom. The fourth-order valence-electron chi connectivity index (χ4n) is 2.88. The fourth-order valence-corrected chi connectivity index (χ4v) is 3.27. The topological polar surface area (TPSA) is 0 Å². The zero-order valence-corrected chi connectivity index (χ0v) is 12.1. The maximum Gasteiger partial charge on any atom is 0.0944 e. The van der Waals surface area contributed by atoms with E-state index in [1.54, 1.807) is 0 Å². The van der Waals surface area contributed by atoms with E-state index in [1.807, 2.05) is 0 Å². The molecule has 4 aliphatic rings. The summed E-state index contributed by atoms with van der Waals surface area (Å²) in [5.74, 6) is 0. The van der Waals surface area contributed by atoms with Gasteiger partial charge in [0.2, 0.25) is 0 Å². The monoisotopic (exact) mass is 270 g/mol. The smallest absolute Gasteiger partial charge is 0.0944 e. The van der Waals surface area contributed by atoms with E-state index in [0.29, 0.717) is 0 Å². The van der Waals surface area contributed by atoms with Crippen LogP contribution in [0.25, 0.3) is 0 Å². The van der Waals surface area contributed by atoms with Crippen LogP contribution >= 0.6 is 11.6 Å². The molecule has 0 atom stereocenters. The van der Waals surface area contributed by atoms with Gasteiger partial charge in [-0.05, 0) is 35.1 Å². The Bertz CT molecular complexity index is 506. The molecule has 0 N–H and O–H groups in total. The molecule has 0 fully saturated rings. The van der Waals surface area contributed by atoms with Crippen LogP contribution < -0.4 is 0 Å². The minimum Gasteiger partial charge on any atom is -0.109 e. The fraction of sp³-hybridized carbons (Fsp3) is 0.333. The first-order chi connectivity index (χ1) is 9.22. The van der Waals surface area contributed by atoms with Crippen molar-refractivity contribution >= 4 is 11.6 Å². The van der Waals surface area contributed by atoms with Gasteiger partial charge in [-0.25, -0.2) is 0 Å². The van der Waals surface area contributed by atoms with Gasteiger partial charge in [-0.3, -0.25) is 0 Å². The maximum atomic E-state index is 7.04. The second kappa shape index (κ2) is 5.02. The van der Waals surface area contributed by atoms with E-state index in [2.05, 4.69) is 55.5 Å².